The Morgan fingerprint density at radius 2 is 1.60 bits per heavy atom. The minimum atomic E-state index is -4.48. The molecule has 3 aromatic carbocycles. The maximum atomic E-state index is 13.4. The highest BCUT2D eigenvalue weighted by atomic mass is 32.2. The lowest BCUT2D eigenvalue weighted by Gasteiger charge is -2.68. The van der Waals surface area contributed by atoms with E-state index in [1.807, 2.05) is 18.2 Å². The number of ether oxygens (including phenoxy) is 3. The molecule has 3 aromatic rings. The fourth-order valence-electron chi connectivity index (χ4n) is 8.81. The summed E-state index contributed by atoms with van der Waals surface area (Å²) in [5.74, 6) is 0.737. The molecule has 5 aliphatic rings. The number of carbonyl (C=O) groups excluding carboxylic acids is 1. The van der Waals surface area contributed by atoms with Crippen LogP contribution in [-0.2, 0) is 46.5 Å². The highest BCUT2D eigenvalue weighted by molar-refractivity contribution is 7.93. The zero-order chi connectivity index (χ0) is 37.0. The van der Waals surface area contributed by atoms with Gasteiger partial charge in [-0.15, -0.1) is 0 Å². The fourth-order valence-corrected chi connectivity index (χ4v) is 10.1. The van der Waals surface area contributed by atoms with Crippen molar-refractivity contribution in [1.82, 2.24) is 0 Å². The van der Waals surface area contributed by atoms with Gasteiger partial charge in [0, 0.05) is 37.4 Å². The first-order valence-corrected chi connectivity index (χ1v) is 18.2. The number of anilines is 1. The first-order valence-electron chi connectivity index (χ1n) is 16.8. The number of rotatable bonds is 12. The van der Waals surface area contributed by atoms with Gasteiger partial charge in [-0.25, -0.2) is 18.1 Å². The second-order valence-corrected chi connectivity index (χ2v) is 15.7. The van der Waals surface area contributed by atoms with Crippen LogP contribution in [0.4, 0.5) is 17.1 Å². The van der Waals surface area contributed by atoms with Gasteiger partial charge >= 0.3 is 5.97 Å². The monoisotopic (exact) mass is 735 g/mol. The number of carbonyl (C=O) groups is 1. The van der Waals surface area contributed by atoms with E-state index in [4.69, 9.17) is 24.0 Å². The van der Waals surface area contributed by atoms with E-state index < -0.39 is 53.5 Å². The summed E-state index contributed by atoms with van der Waals surface area (Å²) in [5, 5.41) is 22.8. The number of esters is 1. The molecule has 1 spiro atoms. The molecule has 1 atom stereocenters. The number of hydrogen-bond donors (Lipinski definition) is 0. The van der Waals surface area contributed by atoms with Crippen molar-refractivity contribution in [3.63, 3.8) is 0 Å². The number of benzene rings is 3. The molecule has 1 saturated heterocycles. The van der Waals surface area contributed by atoms with Gasteiger partial charge in [-0.05, 0) is 91.7 Å². The number of nitro groups is 2. The average molecular weight is 736 g/mol. The number of nitrogens with zero attached hydrogens (tertiary/aromatic N) is 3. The number of methoxy groups -OCH3 is 2. The highest BCUT2D eigenvalue weighted by Gasteiger charge is 2.76. The van der Waals surface area contributed by atoms with E-state index in [1.54, 1.807) is 25.3 Å². The standard InChI is InChI=1S/C36H37N3O12S/c1-37(52(45,46)33-12-11-30(38(41)42)20-31(33)39(43)44)29-9-4-22(5-10-29)21-49-32-19-26(8-6-25(32)7-13-34(40)47-2)36(48-3)35(50-51-36)27-15-23-14-24(17-27)18-28(35)16-23/h4-13,19-20,23-24,27-28H,14-18,21H2,1-3H3/b13-7+. The summed E-state index contributed by atoms with van der Waals surface area (Å²) < 4.78 is 45.0. The molecule has 52 heavy (non-hydrogen) atoms. The van der Waals surface area contributed by atoms with Crippen molar-refractivity contribution in [2.75, 3.05) is 25.6 Å². The van der Waals surface area contributed by atoms with Crippen LogP contribution in [-0.4, -0.2) is 51.1 Å². The summed E-state index contributed by atoms with van der Waals surface area (Å²) in [6.45, 7) is 0.0458. The summed E-state index contributed by atoms with van der Waals surface area (Å²) in [6.07, 6.45) is 8.44. The van der Waals surface area contributed by atoms with Gasteiger partial charge in [0.1, 0.15) is 12.4 Å². The molecule has 1 heterocycles. The van der Waals surface area contributed by atoms with E-state index in [-0.39, 0.29) is 12.3 Å². The third kappa shape index (κ3) is 5.70. The van der Waals surface area contributed by atoms with Crippen molar-refractivity contribution in [1.29, 1.82) is 0 Å². The zero-order valence-electron chi connectivity index (χ0n) is 28.6. The van der Waals surface area contributed by atoms with Crippen LogP contribution in [0, 0.1) is 43.9 Å². The Morgan fingerprint density at radius 1 is 0.923 bits per heavy atom. The maximum Gasteiger partial charge on any atom is 0.330 e. The molecule has 8 rings (SSSR count). The van der Waals surface area contributed by atoms with Crippen LogP contribution < -0.4 is 9.04 Å². The molecule has 0 amide bonds. The van der Waals surface area contributed by atoms with Gasteiger partial charge in [-0.1, -0.05) is 24.3 Å². The summed E-state index contributed by atoms with van der Waals surface area (Å²) in [5.41, 5.74) is 0.0245. The minimum absolute atomic E-state index is 0.0458. The van der Waals surface area contributed by atoms with Crippen LogP contribution in [0.2, 0.25) is 0 Å². The molecule has 4 saturated carbocycles. The molecule has 0 radical (unpaired) electrons. The number of non-ortho nitro benzene ring substituents is 1. The van der Waals surface area contributed by atoms with Gasteiger partial charge in [0.2, 0.25) is 0 Å². The van der Waals surface area contributed by atoms with E-state index in [9.17, 15) is 33.4 Å². The predicted octanol–water partition coefficient (Wildman–Crippen LogP) is 6.05. The molecule has 4 bridgehead atoms. The third-order valence-corrected chi connectivity index (χ3v) is 13.0. The topological polar surface area (TPSA) is 187 Å². The van der Waals surface area contributed by atoms with Crippen LogP contribution >= 0.6 is 0 Å². The minimum Gasteiger partial charge on any atom is -0.488 e. The molecule has 4 aliphatic carbocycles. The maximum absolute atomic E-state index is 13.4. The number of hydrogen-bond acceptors (Lipinski definition) is 12. The molecule has 1 unspecified atom stereocenters. The Morgan fingerprint density at radius 3 is 2.15 bits per heavy atom. The molecule has 0 aromatic heterocycles. The van der Waals surface area contributed by atoms with Crippen molar-refractivity contribution in [2.24, 2.45) is 23.7 Å². The molecule has 1 aliphatic heterocycles. The zero-order valence-corrected chi connectivity index (χ0v) is 29.4. The lowest BCUT2D eigenvalue weighted by molar-refractivity contribution is -0.645. The van der Waals surface area contributed by atoms with Gasteiger partial charge in [-0.3, -0.25) is 24.5 Å². The first kappa shape index (κ1) is 35.5. The fraction of sp³-hybridized carbons (Fsp3) is 0.417. The Bertz CT molecular complexity index is 2040. The highest BCUT2D eigenvalue weighted by Crippen LogP contribution is 2.69. The van der Waals surface area contributed by atoms with Gasteiger partial charge in [0.15, 0.2) is 10.5 Å². The van der Waals surface area contributed by atoms with Crippen LogP contribution in [0.3, 0.4) is 0 Å². The van der Waals surface area contributed by atoms with Crippen molar-refractivity contribution in [2.45, 2.75) is 55.0 Å². The number of nitro benzene ring substituents is 2. The third-order valence-electron chi connectivity index (χ3n) is 11.1. The molecular weight excluding hydrogens is 698 g/mol. The van der Waals surface area contributed by atoms with Crippen LogP contribution in [0.1, 0.15) is 48.8 Å². The van der Waals surface area contributed by atoms with E-state index in [0.717, 1.165) is 47.7 Å². The second kappa shape index (κ2) is 13.3. The lowest BCUT2D eigenvalue weighted by Crippen LogP contribution is -2.76. The molecular formula is C36H37N3O12S. The molecule has 16 heteroatoms. The Labute approximate surface area is 299 Å². The SMILES string of the molecule is COC(=O)/C=C/c1ccc(C2(OC)OOC23C2CC4CC(C2)CC3C4)cc1OCc1ccc(N(C)S(=O)(=O)c2ccc([N+](=O)[O-])cc2[N+](=O)[O-])cc1. The van der Waals surface area contributed by atoms with E-state index in [1.165, 1.54) is 38.8 Å². The van der Waals surface area contributed by atoms with Crippen LogP contribution in [0.5, 0.6) is 5.75 Å². The molecule has 274 valence electrons. The van der Waals surface area contributed by atoms with Gasteiger partial charge < -0.3 is 14.2 Å². The van der Waals surface area contributed by atoms with Gasteiger partial charge in [0.25, 0.3) is 27.2 Å². The molecule has 0 N–H and O–H groups in total. The normalized spacial score (nSPS) is 27.4. The largest absolute Gasteiger partial charge is 0.488 e. The van der Waals surface area contributed by atoms with Crippen LogP contribution in [0.15, 0.2) is 71.6 Å². The smallest absolute Gasteiger partial charge is 0.330 e. The average Bonchev–Trinajstić information content (AvgIpc) is 3.12. The first-order chi connectivity index (χ1) is 24.8. The van der Waals surface area contributed by atoms with Crippen molar-refractivity contribution < 1.29 is 47.0 Å². The Balaban J connectivity index is 1.14. The van der Waals surface area contributed by atoms with Gasteiger partial charge in [0.05, 0.1) is 28.7 Å². The van der Waals surface area contributed by atoms with E-state index in [0.29, 0.717) is 46.6 Å². The number of sulfonamides is 1. The lowest BCUT2D eigenvalue weighted by atomic mass is 9.47. The summed E-state index contributed by atoms with van der Waals surface area (Å²) in [7, 11) is -0.340. The summed E-state index contributed by atoms with van der Waals surface area (Å²) in [4.78, 5) is 44.3. The van der Waals surface area contributed by atoms with Crippen LogP contribution in [0.25, 0.3) is 6.08 Å². The Hall–Kier alpha value is -4.90. The van der Waals surface area contributed by atoms with Gasteiger partial charge in [-0.2, -0.15) is 4.89 Å². The van der Waals surface area contributed by atoms with Crippen molar-refractivity contribution in [3.8, 4) is 5.75 Å². The quantitative estimate of drug-likeness (QED) is 0.0690. The van der Waals surface area contributed by atoms with E-state index >= 15 is 0 Å². The van der Waals surface area contributed by atoms with Crippen molar-refractivity contribution >= 4 is 39.1 Å². The van der Waals surface area contributed by atoms with Crippen molar-refractivity contribution in [3.05, 3.63) is 104 Å². The molecule has 15 nitrogen and oxygen atoms in total. The van der Waals surface area contributed by atoms with E-state index in [2.05, 4.69) is 0 Å². The Kier molecular flexibility index (Phi) is 9.05. The summed E-state index contributed by atoms with van der Waals surface area (Å²) in [6, 6.07) is 14.2. The predicted molar refractivity (Wildman–Crippen MR) is 184 cm³/mol. The second-order valence-electron chi connectivity index (χ2n) is 13.8. The molecule has 5 fully saturated rings. The summed E-state index contributed by atoms with van der Waals surface area (Å²) >= 11 is 0.